The second kappa shape index (κ2) is 9.55. The Morgan fingerprint density at radius 2 is 2.11 bits per heavy atom. The van der Waals surface area contributed by atoms with E-state index in [4.69, 9.17) is 15.2 Å². The molecule has 1 unspecified atom stereocenters. The number of nitrogens with two attached hydrogens (primary N) is 1. The van der Waals surface area contributed by atoms with Crippen LogP contribution in [0.1, 0.15) is 53.3 Å². The van der Waals surface area contributed by atoms with Crippen LogP contribution in [0.5, 0.6) is 5.75 Å². The molecule has 0 saturated carbocycles. The maximum atomic E-state index is 12.1. The monoisotopic (exact) mass is 384 g/mol. The van der Waals surface area contributed by atoms with Crippen LogP contribution >= 0.6 is 0 Å². The number of ether oxygens (including phenoxy) is 2. The topological polar surface area (TPSA) is 90.7 Å². The van der Waals surface area contributed by atoms with Crippen LogP contribution in [0.2, 0.25) is 0 Å². The molecule has 0 bridgehead atoms. The molecule has 1 heterocycles. The summed E-state index contributed by atoms with van der Waals surface area (Å²) in [6.07, 6.45) is 4.72. The summed E-state index contributed by atoms with van der Waals surface area (Å²) in [6, 6.07) is 8.83. The van der Waals surface area contributed by atoms with E-state index < -0.39 is 11.9 Å². The summed E-state index contributed by atoms with van der Waals surface area (Å²) < 4.78 is 10.9. The average Bonchev–Trinajstić information content (AvgIpc) is 2.71. The van der Waals surface area contributed by atoms with Crippen molar-refractivity contribution in [3.8, 4) is 5.75 Å². The third-order valence-corrected chi connectivity index (χ3v) is 5.16. The molecule has 1 aliphatic heterocycles. The Hall–Kier alpha value is -2.60. The Balaban J connectivity index is 1.70. The molecule has 150 valence electrons. The first-order valence-electron chi connectivity index (χ1n) is 9.97. The standard InChI is InChI=1S/C22H28N2O4/c1-2-27-22(26)19-9-7-16-13-17(8-10-18(16)20(19)21(23)25)28-12-4-6-15-5-3-11-24-14-15/h7-10,13,15,24H,2-6,11-12,14H2,1H3,(H2,23,25). The van der Waals surface area contributed by atoms with Gasteiger partial charge in [-0.2, -0.15) is 0 Å². The highest BCUT2D eigenvalue weighted by molar-refractivity contribution is 6.14. The lowest BCUT2D eigenvalue weighted by atomic mass is 9.95. The number of amides is 1. The predicted octanol–water partition coefficient (Wildman–Crippen LogP) is 3.27. The molecule has 0 radical (unpaired) electrons. The van der Waals surface area contributed by atoms with Gasteiger partial charge in [0.1, 0.15) is 5.75 Å². The number of nitrogens with one attached hydrogen (secondary N) is 1. The van der Waals surface area contributed by atoms with Gasteiger partial charge in [0.2, 0.25) is 5.91 Å². The number of carbonyl (C=O) groups excluding carboxylic acids is 2. The zero-order valence-electron chi connectivity index (χ0n) is 16.3. The highest BCUT2D eigenvalue weighted by Gasteiger charge is 2.19. The normalized spacial score (nSPS) is 16.7. The smallest absolute Gasteiger partial charge is 0.338 e. The molecule has 1 atom stereocenters. The molecule has 3 rings (SSSR count). The fourth-order valence-electron chi connectivity index (χ4n) is 3.77. The van der Waals surface area contributed by atoms with Crippen molar-refractivity contribution in [1.82, 2.24) is 5.32 Å². The Morgan fingerprint density at radius 3 is 2.82 bits per heavy atom. The van der Waals surface area contributed by atoms with Gasteiger partial charge in [0.05, 0.1) is 24.3 Å². The molecular weight excluding hydrogens is 356 g/mol. The number of esters is 1. The minimum atomic E-state index is -0.650. The van der Waals surface area contributed by atoms with Gasteiger partial charge in [0, 0.05) is 0 Å². The fraction of sp³-hybridized carbons (Fsp3) is 0.455. The number of carbonyl (C=O) groups is 2. The van der Waals surface area contributed by atoms with E-state index in [0.717, 1.165) is 43.0 Å². The van der Waals surface area contributed by atoms with Gasteiger partial charge in [0.25, 0.3) is 0 Å². The molecule has 28 heavy (non-hydrogen) atoms. The van der Waals surface area contributed by atoms with Gasteiger partial charge in [-0.05, 0) is 86.7 Å². The van der Waals surface area contributed by atoms with Crippen LogP contribution < -0.4 is 15.8 Å². The Labute approximate surface area is 165 Å². The summed E-state index contributed by atoms with van der Waals surface area (Å²) in [6.45, 7) is 4.85. The molecule has 3 N–H and O–H groups in total. The molecule has 0 aromatic heterocycles. The molecule has 1 fully saturated rings. The second-order valence-electron chi connectivity index (χ2n) is 7.16. The Bertz CT molecular complexity index is 844. The van der Waals surface area contributed by atoms with Gasteiger partial charge in [-0.1, -0.05) is 6.07 Å². The van der Waals surface area contributed by atoms with Crippen molar-refractivity contribution in [3.05, 3.63) is 41.5 Å². The third-order valence-electron chi connectivity index (χ3n) is 5.16. The van der Waals surface area contributed by atoms with Gasteiger partial charge in [-0.15, -0.1) is 0 Å². The molecule has 6 heteroatoms. The minimum Gasteiger partial charge on any atom is -0.494 e. The maximum Gasteiger partial charge on any atom is 0.338 e. The summed E-state index contributed by atoms with van der Waals surface area (Å²) >= 11 is 0. The highest BCUT2D eigenvalue weighted by Crippen LogP contribution is 2.27. The van der Waals surface area contributed by atoms with Gasteiger partial charge >= 0.3 is 5.97 Å². The number of hydrogen-bond donors (Lipinski definition) is 2. The summed E-state index contributed by atoms with van der Waals surface area (Å²) in [5.74, 6) is 0.293. The molecular formula is C22H28N2O4. The lowest BCUT2D eigenvalue weighted by Crippen LogP contribution is -2.29. The van der Waals surface area contributed by atoms with E-state index in [2.05, 4.69) is 5.32 Å². The molecule has 1 saturated heterocycles. The van der Waals surface area contributed by atoms with Crippen LogP contribution in [-0.2, 0) is 4.74 Å². The van der Waals surface area contributed by atoms with Crippen LogP contribution in [0, 0.1) is 5.92 Å². The van der Waals surface area contributed by atoms with Crippen molar-refractivity contribution in [1.29, 1.82) is 0 Å². The SMILES string of the molecule is CCOC(=O)c1ccc2cc(OCCCC3CCCNC3)ccc2c1C(N)=O. The molecule has 1 amide bonds. The van der Waals surface area contributed by atoms with Gasteiger partial charge in [0.15, 0.2) is 0 Å². The summed E-state index contributed by atoms with van der Waals surface area (Å²) in [4.78, 5) is 24.1. The molecule has 6 nitrogen and oxygen atoms in total. The molecule has 2 aromatic rings. The third kappa shape index (κ3) is 4.81. The van der Waals surface area contributed by atoms with Crippen molar-refractivity contribution in [2.24, 2.45) is 11.7 Å². The van der Waals surface area contributed by atoms with E-state index in [0.29, 0.717) is 12.0 Å². The van der Waals surface area contributed by atoms with Crippen molar-refractivity contribution < 1.29 is 19.1 Å². The molecule has 0 spiro atoms. The van der Waals surface area contributed by atoms with Gasteiger partial charge in [-0.25, -0.2) is 4.79 Å². The lowest BCUT2D eigenvalue weighted by Gasteiger charge is -2.22. The van der Waals surface area contributed by atoms with Crippen LogP contribution in [0.25, 0.3) is 10.8 Å². The zero-order chi connectivity index (χ0) is 19.9. The van der Waals surface area contributed by atoms with E-state index >= 15 is 0 Å². The Morgan fingerprint density at radius 1 is 1.25 bits per heavy atom. The van der Waals surface area contributed by atoms with Crippen molar-refractivity contribution in [2.45, 2.75) is 32.6 Å². The van der Waals surface area contributed by atoms with Crippen LogP contribution in [0.3, 0.4) is 0 Å². The first-order chi connectivity index (χ1) is 13.6. The minimum absolute atomic E-state index is 0.187. The van der Waals surface area contributed by atoms with E-state index in [-0.39, 0.29) is 17.7 Å². The summed E-state index contributed by atoms with van der Waals surface area (Å²) in [5, 5.41) is 4.86. The first kappa shape index (κ1) is 20.1. The lowest BCUT2D eigenvalue weighted by molar-refractivity contribution is 0.0523. The number of rotatable bonds is 8. The fourth-order valence-corrected chi connectivity index (χ4v) is 3.77. The molecule has 1 aliphatic rings. The highest BCUT2D eigenvalue weighted by atomic mass is 16.5. The second-order valence-corrected chi connectivity index (χ2v) is 7.16. The van der Waals surface area contributed by atoms with Gasteiger partial charge < -0.3 is 20.5 Å². The van der Waals surface area contributed by atoms with E-state index in [1.807, 2.05) is 12.1 Å². The number of fused-ring (bicyclic) bond motifs is 1. The first-order valence-corrected chi connectivity index (χ1v) is 9.97. The molecule has 2 aromatic carbocycles. The van der Waals surface area contributed by atoms with Crippen LogP contribution in [0.15, 0.2) is 30.3 Å². The average molecular weight is 384 g/mol. The van der Waals surface area contributed by atoms with E-state index in [9.17, 15) is 9.59 Å². The number of piperidine rings is 1. The zero-order valence-corrected chi connectivity index (χ0v) is 16.3. The van der Waals surface area contributed by atoms with Crippen molar-refractivity contribution >= 4 is 22.6 Å². The Kier molecular flexibility index (Phi) is 6.87. The van der Waals surface area contributed by atoms with Crippen molar-refractivity contribution in [3.63, 3.8) is 0 Å². The predicted molar refractivity (Wildman–Crippen MR) is 109 cm³/mol. The summed E-state index contributed by atoms with van der Waals surface area (Å²) in [5.41, 5.74) is 5.92. The van der Waals surface area contributed by atoms with Crippen LogP contribution in [0.4, 0.5) is 0 Å². The number of benzene rings is 2. The van der Waals surface area contributed by atoms with Crippen LogP contribution in [-0.4, -0.2) is 38.2 Å². The van der Waals surface area contributed by atoms with Crippen molar-refractivity contribution in [2.75, 3.05) is 26.3 Å². The quantitative estimate of drug-likeness (QED) is 0.538. The number of primary amides is 1. The maximum absolute atomic E-state index is 12.1. The summed E-state index contributed by atoms with van der Waals surface area (Å²) in [7, 11) is 0. The number of hydrogen-bond acceptors (Lipinski definition) is 5. The largest absolute Gasteiger partial charge is 0.494 e. The molecule has 0 aliphatic carbocycles. The van der Waals surface area contributed by atoms with Gasteiger partial charge in [-0.3, -0.25) is 4.79 Å². The van der Waals surface area contributed by atoms with E-state index in [1.54, 1.807) is 25.1 Å². The van der Waals surface area contributed by atoms with E-state index in [1.165, 1.54) is 12.8 Å².